The molecule has 2 heterocycles. The van der Waals surface area contributed by atoms with Crippen molar-refractivity contribution in [3.63, 3.8) is 0 Å². The van der Waals surface area contributed by atoms with Crippen LogP contribution in [0.5, 0.6) is 0 Å². The second-order valence-electron chi connectivity index (χ2n) is 5.17. The zero-order chi connectivity index (χ0) is 17.9. The predicted molar refractivity (Wildman–Crippen MR) is 91.7 cm³/mol. The Hall–Kier alpha value is -2.45. The second kappa shape index (κ2) is 7.20. The molecule has 1 aromatic carbocycles. The molecule has 0 saturated heterocycles. The molecule has 1 amide bonds. The zero-order valence-electron chi connectivity index (χ0n) is 12.9. The molecule has 0 unspecified atom stereocenters. The molecule has 3 aromatic rings. The molecule has 0 radical (unpaired) electrons. The van der Waals surface area contributed by atoms with Gasteiger partial charge in [0.25, 0.3) is 5.91 Å². The molecular weight excluding hydrogens is 365 g/mol. The maximum atomic E-state index is 13.7. The molecule has 8 heteroatoms. The highest BCUT2D eigenvalue weighted by atomic mass is 32.2. The Labute approximate surface area is 148 Å². The van der Waals surface area contributed by atoms with Crippen LogP contribution in [0.15, 0.2) is 68.8 Å². The van der Waals surface area contributed by atoms with Crippen molar-refractivity contribution >= 4 is 27.1 Å². The molecule has 1 N–H and O–H groups in total. The van der Waals surface area contributed by atoms with Crippen LogP contribution in [0, 0.1) is 5.82 Å². The Morgan fingerprint density at radius 2 is 1.96 bits per heavy atom. The van der Waals surface area contributed by atoms with Crippen LogP contribution in [0.3, 0.4) is 0 Å². The number of thiophene rings is 1. The summed E-state index contributed by atoms with van der Waals surface area (Å²) in [6.45, 7) is -0.235. The first-order valence-corrected chi connectivity index (χ1v) is 9.76. The summed E-state index contributed by atoms with van der Waals surface area (Å²) in [5.74, 6) is -1.14. The number of benzene rings is 1. The highest BCUT2D eigenvalue weighted by Gasteiger charge is 2.32. The first kappa shape index (κ1) is 17.4. The number of amides is 1. The Kier molecular flexibility index (Phi) is 5.00. The number of carbonyl (C=O) groups excluding carboxylic acids is 1. The van der Waals surface area contributed by atoms with Crippen molar-refractivity contribution < 1.29 is 22.0 Å². The van der Waals surface area contributed by atoms with E-state index in [0.717, 1.165) is 11.3 Å². The largest absolute Gasteiger partial charge is 0.468 e. The van der Waals surface area contributed by atoms with Crippen molar-refractivity contribution in [3.05, 3.63) is 77.3 Å². The summed E-state index contributed by atoms with van der Waals surface area (Å²) in [4.78, 5) is 12.2. The molecule has 3 rings (SSSR count). The molecule has 0 spiro atoms. The minimum Gasteiger partial charge on any atom is -0.468 e. The van der Waals surface area contributed by atoms with E-state index in [-0.39, 0.29) is 22.1 Å². The monoisotopic (exact) mass is 379 g/mol. The lowest BCUT2D eigenvalue weighted by Crippen LogP contribution is -2.32. The van der Waals surface area contributed by atoms with Crippen LogP contribution in [-0.4, -0.2) is 20.9 Å². The normalized spacial score (nSPS) is 12.7. The average Bonchev–Trinajstić information content (AvgIpc) is 3.29. The van der Waals surface area contributed by atoms with Crippen molar-refractivity contribution in [3.8, 4) is 0 Å². The molecule has 0 bridgehead atoms. The van der Waals surface area contributed by atoms with E-state index in [1.165, 1.54) is 42.7 Å². The molecule has 0 aliphatic carbocycles. The summed E-state index contributed by atoms with van der Waals surface area (Å²) in [5.41, 5.74) is -0.144. The number of carbonyl (C=O) groups is 1. The van der Waals surface area contributed by atoms with Crippen LogP contribution < -0.4 is 5.32 Å². The van der Waals surface area contributed by atoms with Gasteiger partial charge in [-0.2, -0.15) is 0 Å². The van der Waals surface area contributed by atoms with Gasteiger partial charge in [-0.1, -0.05) is 18.2 Å². The van der Waals surface area contributed by atoms with Crippen molar-refractivity contribution in [2.45, 2.75) is 9.46 Å². The van der Waals surface area contributed by atoms with Gasteiger partial charge in [0, 0.05) is 6.54 Å². The lowest BCUT2D eigenvalue weighted by molar-refractivity contribution is 0.0949. The van der Waals surface area contributed by atoms with Gasteiger partial charge in [-0.15, -0.1) is 11.3 Å². The fraction of sp³-hybridized carbons (Fsp3) is 0.118. The van der Waals surface area contributed by atoms with Crippen LogP contribution in [0.1, 0.15) is 21.4 Å². The van der Waals surface area contributed by atoms with E-state index in [9.17, 15) is 17.6 Å². The summed E-state index contributed by atoms with van der Waals surface area (Å²) >= 11 is 1.09. The van der Waals surface area contributed by atoms with Gasteiger partial charge in [0.05, 0.1) is 11.8 Å². The highest BCUT2D eigenvalue weighted by molar-refractivity contribution is 7.93. The summed E-state index contributed by atoms with van der Waals surface area (Å²) in [6, 6.07) is 11.7. The molecular formula is C17H14FNO4S2. The third-order valence-electron chi connectivity index (χ3n) is 3.58. The quantitative estimate of drug-likeness (QED) is 0.712. The van der Waals surface area contributed by atoms with Crippen LogP contribution in [0.25, 0.3) is 0 Å². The first-order chi connectivity index (χ1) is 12.0. The molecule has 0 aliphatic heterocycles. The van der Waals surface area contributed by atoms with E-state index in [0.29, 0.717) is 0 Å². The highest BCUT2D eigenvalue weighted by Crippen LogP contribution is 2.31. The summed E-state index contributed by atoms with van der Waals surface area (Å²) in [6.07, 6.45) is 1.37. The second-order valence-corrected chi connectivity index (χ2v) is 8.48. The van der Waals surface area contributed by atoms with Crippen molar-refractivity contribution in [2.24, 2.45) is 0 Å². The Bertz CT molecular complexity index is 950. The number of halogens is 1. The first-order valence-electron chi connectivity index (χ1n) is 7.33. The molecule has 1 atom stereocenters. The fourth-order valence-electron chi connectivity index (χ4n) is 2.33. The molecule has 0 aliphatic rings. The van der Waals surface area contributed by atoms with Gasteiger partial charge in [0.2, 0.25) is 0 Å². The Balaban J connectivity index is 1.85. The van der Waals surface area contributed by atoms with E-state index in [2.05, 4.69) is 5.32 Å². The summed E-state index contributed by atoms with van der Waals surface area (Å²) in [5, 5.41) is 3.04. The van der Waals surface area contributed by atoms with Gasteiger partial charge in [-0.05, 0) is 35.7 Å². The maximum Gasteiger partial charge on any atom is 0.254 e. The maximum absolute atomic E-state index is 13.7. The molecule has 0 fully saturated rings. The van der Waals surface area contributed by atoms with Crippen LogP contribution in [0.2, 0.25) is 0 Å². The molecule has 0 saturated carbocycles. The fourth-order valence-corrected chi connectivity index (χ4v) is 5.12. The molecule has 5 nitrogen and oxygen atoms in total. The average molecular weight is 379 g/mol. The lowest BCUT2D eigenvalue weighted by atomic mass is 10.2. The molecule has 2 aromatic heterocycles. The third-order valence-corrected chi connectivity index (χ3v) is 7.07. The minimum absolute atomic E-state index is 0.144. The van der Waals surface area contributed by atoms with Gasteiger partial charge in [-0.25, -0.2) is 12.8 Å². The minimum atomic E-state index is -3.75. The van der Waals surface area contributed by atoms with E-state index >= 15 is 0 Å². The standard InChI is InChI=1S/C17H14FNO4S2/c18-13-6-2-1-5-12(13)17(20)19-11-15(14-7-3-9-23-14)25(21,22)16-8-4-10-24-16/h1-10,15H,11H2,(H,19,20)/t15-/m1/s1. The van der Waals surface area contributed by atoms with Gasteiger partial charge >= 0.3 is 0 Å². The molecule has 25 heavy (non-hydrogen) atoms. The van der Waals surface area contributed by atoms with E-state index in [4.69, 9.17) is 4.42 Å². The van der Waals surface area contributed by atoms with E-state index in [1.54, 1.807) is 17.5 Å². The zero-order valence-corrected chi connectivity index (χ0v) is 14.5. The predicted octanol–water partition coefficient (Wildman–Crippen LogP) is 3.43. The van der Waals surface area contributed by atoms with Crippen LogP contribution >= 0.6 is 11.3 Å². The topological polar surface area (TPSA) is 76.4 Å². The van der Waals surface area contributed by atoms with E-state index in [1.807, 2.05) is 0 Å². The van der Waals surface area contributed by atoms with Crippen molar-refractivity contribution in [1.29, 1.82) is 0 Å². The lowest BCUT2D eigenvalue weighted by Gasteiger charge is -2.15. The number of nitrogens with one attached hydrogen (secondary N) is 1. The Morgan fingerprint density at radius 3 is 2.60 bits per heavy atom. The third kappa shape index (κ3) is 3.64. The van der Waals surface area contributed by atoms with Crippen molar-refractivity contribution in [2.75, 3.05) is 6.54 Å². The van der Waals surface area contributed by atoms with Gasteiger partial charge in [-0.3, -0.25) is 4.79 Å². The van der Waals surface area contributed by atoms with Crippen LogP contribution in [-0.2, 0) is 9.84 Å². The number of hydrogen-bond donors (Lipinski definition) is 1. The number of sulfone groups is 1. The molecule has 130 valence electrons. The van der Waals surface area contributed by atoms with Crippen molar-refractivity contribution in [1.82, 2.24) is 5.32 Å². The summed E-state index contributed by atoms with van der Waals surface area (Å²) < 4.78 is 44.8. The number of hydrogen-bond acceptors (Lipinski definition) is 5. The SMILES string of the molecule is O=C(NC[C@H](c1ccco1)S(=O)(=O)c1cccs1)c1ccccc1F. The van der Waals surface area contributed by atoms with E-state index < -0.39 is 26.8 Å². The Morgan fingerprint density at radius 1 is 1.16 bits per heavy atom. The van der Waals surface area contributed by atoms with Gasteiger partial charge in [0.1, 0.15) is 21.0 Å². The smallest absolute Gasteiger partial charge is 0.254 e. The van der Waals surface area contributed by atoms with Crippen LogP contribution in [0.4, 0.5) is 4.39 Å². The summed E-state index contributed by atoms with van der Waals surface area (Å²) in [7, 11) is -3.75. The van der Waals surface area contributed by atoms with Gasteiger partial charge in [0.15, 0.2) is 9.84 Å². The number of rotatable bonds is 6. The number of furan rings is 1. The van der Waals surface area contributed by atoms with Gasteiger partial charge < -0.3 is 9.73 Å².